The molecule has 0 aliphatic carbocycles. The van der Waals surface area contributed by atoms with Crippen molar-refractivity contribution >= 4 is 0 Å². The van der Waals surface area contributed by atoms with Gasteiger partial charge < -0.3 is 10.1 Å². The third kappa shape index (κ3) is 4.19. The van der Waals surface area contributed by atoms with Crippen LogP contribution in [0.1, 0.15) is 5.56 Å². The van der Waals surface area contributed by atoms with Crippen molar-refractivity contribution < 1.29 is 17.9 Å². The molecule has 1 aromatic rings. The SMILES string of the molecule is FC(F)(F)Oc1cccc(CN2CCNCC2)c1. The number of nitrogens with one attached hydrogen (secondary N) is 1. The maximum atomic E-state index is 12.1. The summed E-state index contributed by atoms with van der Waals surface area (Å²) >= 11 is 0. The molecular formula is C12H15F3N2O. The van der Waals surface area contributed by atoms with Gasteiger partial charge in [0.2, 0.25) is 0 Å². The first kappa shape index (κ1) is 13.2. The van der Waals surface area contributed by atoms with Crippen LogP contribution in [0.25, 0.3) is 0 Å². The van der Waals surface area contributed by atoms with Crippen LogP contribution in [-0.2, 0) is 6.54 Å². The molecule has 0 radical (unpaired) electrons. The highest BCUT2D eigenvalue weighted by molar-refractivity contribution is 5.28. The molecule has 1 saturated heterocycles. The fraction of sp³-hybridized carbons (Fsp3) is 0.500. The summed E-state index contributed by atoms with van der Waals surface area (Å²) in [4.78, 5) is 2.20. The van der Waals surface area contributed by atoms with Gasteiger partial charge in [0.25, 0.3) is 0 Å². The van der Waals surface area contributed by atoms with Gasteiger partial charge in [-0.05, 0) is 17.7 Å². The maximum absolute atomic E-state index is 12.1. The molecule has 18 heavy (non-hydrogen) atoms. The smallest absolute Gasteiger partial charge is 0.406 e. The average molecular weight is 260 g/mol. The van der Waals surface area contributed by atoms with E-state index >= 15 is 0 Å². The topological polar surface area (TPSA) is 24.5 Å². The van der Waals surface area contributed by atoms with Crippen LogP contribution in [0.15, 0.2) is 24.3 Å². The third-order valence-electron chi connectivity index (χ3n) is 2.75. The Kier molecular flexibility index (Phi) is 4.08. The van der Waals surface area contributed by atoms with Crippen molar-refractivity contribution in [3.8, 4) is 5.75 Å². The molecule has 1 aromatic carbocycles. The quantitative estimate of drug-likeness (QED) is 0.899. The van der Waals surface area contributed by atoms with Crippen LogP contribution in [0.3, 0.4) is 0 Å². The van der Waals surface area contributed by atoms with E-state index in [1.807, 2.05) is 6.07 Å². The van der Waals surface area contributed by atoms with Gasteiger partial charge in [-0.2, -0.15) is 0 Å². The first-order chi connectivity index (χ1) is 8.53. The monoisotopic (exact) mass is 260 g/mol. The summed E-state index contributed by atoms with van der Waals surface area (Å²) in [7, 11) is 0. The van der Waals surface area contributed by atoms with Crippen molar-refractivity contribution in [2.45, 2.75) is 12.9 Å². The second-order valence-corrected chi connectivity index (χ2v) is 4.22. The highest BCUT2D eigenvalue weighted by atomic mass is 19.4. The van der Waals surface area contributed by atoms with Gasteiger partial charge in [0.1, 0.15) is 5.75 Å². The largest absolute Gasteiger partial charge is 0.573 e. The first-order valence-corrected chi connectivity index (χ1v) is 5.81. The molecule has 0 bridgehead atoms. The van der Waals surface area contributed by atoms with E-state index < -0.39 is 6.36 Å². The highest BCUT2D eigenvalue weighted by Crippen LogP contribution is 2.23. The molecule has 2 rings (SSSR count). The van der Waals surface area contributed by atoms with Crippen LogP contribution < -0.4 is 10.1 Å². The number of nitrogens with zero attached hydrogens (tertiary/aromatic N) is 1. The molecule has 3 nitrogen and oxygen atoms in total. The lowest BCUT2D eigenvalue weighted by Gasteiger charge is -2.27. The van der Waals surface area contributed by atoms with Crippen LogP contribution in [0.5, 0.6) is 5.75 Å². The molecule has 1 N–H and O–H groups in total. The molecule has 6 heteroatoms. The second-order valence-electron chi connectivity index (χ2n) is 4.22. The van der Waals surface area contributed by atoms with Gasteiger partial charge in [-0.25, -0.2) is 0 Å². The van der Waals surface area contributed by atoms with Crippen molar-refractivity contribution in [2.75, 3.05) is 26.2 Å². The Balaban J connectivity index is 1.98. The number of rotatable bonds is 3. The fourth-order valence-corrected chi connectivity index (χ4v) is 1.97. The van der Waals surface area contributed by atoms with E-state index in [4.69, 9.17) is 0 Å². The Morgan fingerprint density at radius 2 is 1.94 bits per heavy atom. The molecule has 1 aliphatic heterocycles. The van der Waals surface area contributed by atoms with Crippen LogP contribution in [0, 0.1) is 0 Å². The number of hydrogen-bond donors (Lipinski definition) is 1. The minimum absolute atomic E-state index is 0.157. The molecule has 100 valence electrons. The summed E-state index contributed by atoms with van der Waals surface area (Å²) in [6.45, 7) is 4.29. The minimum Gasteiger partial charge on any atom is -0.406 e. The molecule has 0 spiro atoms. The molecule has 0 atom stereocenters. The lowest BCUT2D eigenvalue weighted by molar-refractivity contribution is -0.274. The normalized spacial score (nSPS) is 17.7. The van der Waals surface area contributed by atoms with E-state index in [1.165, 1.54) is 12.1 Å². The van der Waals surface area contributed by atoms with Crippen molar-refractivity contribution in [3.05, 3.63) is 29.8 Å². The standard InChI is InChI=1S/C12H15F3N2O/c13-12(14,15)18-11-3-1-2-10(8-11)9-17-6-4-16-5-7-17/h1-3,8,16H,4-7,9H2. The highest BCUT2D eigenvalue weighted by Gasteiger charge is 2.31. The third-order valence-corrected chi connectivity index (χ3v) is 2.75. The lowest BCUT2D eigenvalue weighted by atomic mass is 10.2. The zero-order valence-corrected chi connectivity index (χ0v) is 9.83. The first-order valence-electron chi connectivity index (χ1n) is 5.81. The summed E-state index contributed by atoms with van der Waals surface area (Å²) in [5.74, 6) is -0.157. The van der Waals surface area contributed by atoms with E-state index in [1.54, 1.807) is 6.07 Å². The number of hydrogen-bond acceptors (Lipinski definition) is 3. The van der Waals surface area contributed by atoms with Crippen molar-refractivity contribution in [1.29, 1.82) is 0 Å². The number of piperazine rings is 1. The molecule has 1 heterocycles. The van der Waals surface area contributed by atoms with Crippen LogP contribution >= 0.6 is 0 Å². The molecule has 0 unspecified atom stereocenters. The van der Waals surface area contributed by atoms with E-state index in [-0.39, 0.29) is 5.75 Å². The van der Waals surface area contributed by atoms with Gasteiger partial charge in [0.05, 0.1) is 0 Å². The van der Waals surface area contributed by atoms with Gasteiger partial charge in [-0.1, -0.05) is 12.1 Å². The molecule has 0 amide bonds. The van der Waals surface area contributed by atoms with E-state index in [9.17, 15) is 13.2 Å². The summed E-state index contributed by atoms with van der Waals surface area (Å²) in [5.41, 5.74) is 0.832. The number of alkyl halides is 3. The Bertz CT molecular complexity index is 389. The maximum Gasteiger partial charge on any atom is 0.573 e. The summed E-state index contributed by atoms with van der Waals surface area (Å²) < 4.78 is 40.2. The van der Waals surface area contributed by atoms with E-state index in [0.29, 0.717) is 6.54 Å². The average Bonchev–Trinajstić information content (AvgIpc) is 2.28. The lowest BCUT2D eigenvalue weighted by Crippen LogP contribution is -2.42. The second kappa shape index (κ2) is 5.58. The van der Waals surface area contributed by atoms with Crippen molar-refractivity contribution in [2.24, 2.45) is 0 Å². The number of benzene rings is 1. The fourth-order valence-electron chi connectivity index (χ4n) is 1.97. The molecule has 0 aromatic heterocycles. The molecule has 1 fully saturated rings. The Morgan fingerprint density at radius 1 is 1.22 bits per heavy atom. The Hall–Kier alpha value is -1.27. The van der Waals surface area contributed by atoms with Crippen LogP contribution in [0.2, 0.25) is 0 Å². The van der Waals surface area contributed by atoms with Crippen LogP contribution in [0.4, 0.5) is 13.2 Å². The van der Waals surface area contributed by atoms with E-state index in [0.717, 1.165) is 31.7 Å². The minimum atomic E-state index is -4.63. The summed E-state index contributed by atoms with van der Waals surface area (Å²) in [5, 5.41) is 3.23. The van der Waals surface area contributed by atoms with Gasteiger partial charge in [0.15, 0.2) is 0 Å². The summed E-state index contributed by atoms with van der Waals surface area (Å²) in [6, 6.07) is 6.15. The predicted molar refractivity (Wildman–Crippen MR) is 61.3 cm³/mol. The summed E-state index contributed by atoms with van der Waals surface area (Å²) in [6.07, 6.45) is -4.63. The van der Waals surface area contributed by atoms with E-state index in [2.05, 4.69) is 15.0 Å². The van der Waals surface area contributed by atoms with Crippen molar-refractivity contribution in [1.82, 2.24) is 10.2 Å². The Morgan fingerprint density at radius 3 is 2.61 bits per heavy atom. The van der Waals surface area contributed by atoms with Gasteiger partial charge >= 0.3 is 6.36 Å². The molecule has 1 aliphatic rings. The van der Waals surface area contributed by atoms with Gasteiger partial charge in [0, 0.05) is 32.7 Å². The zero-order chi connectivity index (χ0) is 13.0. The number of ether oxygens (including phenoxy) is 1. The Labute approximate surface area is 104 Å². The van der Waals surface area contributed by atoms with Crippen molar-refractivity contribution in [3.63, 3.8) is 0 Å². The molecular weight excluding hydrogens is 245 g/mol. The predicted octanol–water partition coefficient (Wildman–Crippen LogP) is 1.99. The molecule has 0 saturated carbocycles. The zero-order valence-electron chi connectivity index (χ0n) is 9.83. The van der Waals surface area contributed by atoms with Crippen LogP contribution in [-0.4, -0.2) is 37.4 Å². The number of halogens is 3. The van der Waals surface area contributed by atoms with Gasteiger partial charge in [-0.3, -0.25) is 4.90 Å². The van der Waals surface area contributed by atoms with Gasteiger partial charge in [-0.15, -0.1) is 13.2 Å².